The molecule has 0 saturated carbocycles. The molecule has 79 valence electrons. The van der Waals surface area contributed by atoms with Gasteiger partial charge in [0.2, 0.25) is 0 Å². The van der Waals surface area contributed by atoms with E-state index >= 15 is 0 Å². The van der Waals surface area contributed by atoms with Crippen molar-refractivity contribution in [2.24, 2.45) is 0 Å². The van der Waals surface area contributed by atoms with E-state index in [0.29, 0.717) is 0 Å². The summed E-state index contributed by atoms with van der Waals surface area (Å²) in [7, 11) is 0. The van der Waals surface area contributed by atoms with Gasteiger partial charge in [0.05, 0.1) is 6.10 Å². The molecule has 0 aromatic heterocycles. The topological polar surface area (TPSA) is 19.9 Å². The molecule has 0 fully saturated rings. The normalized spacial score (nSPS) is 13.2. The van der Waals surface area contributed by atoms with Gasteiger partial charge in [-0.05, 0) is 12.8 Å². The molecule has 0 saturated heterocycles. The van der Waals surface area contributed by atoms with Crippen molar-refractivity contribution < 1.29 is 5.11 Å². The maximum Gasteiger partial charge on any atom is 0.0927 e. The fraction of sp³-hybridized carbons (Fsp3) is 1.00. The monoisotopic (exact) mass is 185 g/mol. The van der Waals surface area contributed by atoms with Crippen molar-refractivity contribution in [3.8, 4) is 0 Å². The Morgan fingerprint density at radius 1 is 0.846 bits per heavy atom. The molecule has 0 aliphatic carbocycles. The van der Waals surface area contributed by atoms with E-state index < -0.39 is 0 Å². The smallest absolute Gasteiger partial charge is 0.0927 e. The van der Waals surface area contributed by atoms with E-state index in [2.05, 4.69) is 6.92 Å². The molecule has 0 bridgehead atoms. The summed E-state index contributed by atoms with van der Waals surface area (Å²) < 4.78 is 0. The van der Waals surface area contributed by atoms with Gasteiger partial charge in [0.25, 0.3) is 0 Å². The van der Waals surface area contributed by atoms with Crippen molar-refractivity contribution in [1.29, 1.82) is 0 Å². The molecule has 0 aromatic rings. The molecule has 0 rings (SSSR count). The van der Waals surface area contributed by atoms with E-state index in [0.717, 1.165) is 19.3 Å². The van der Waals surface area contributed by atoms with Crippen LogP contribution in [-0.4, -0.2) is 6.10 Å². The standard InChI is InChI=1S/C12H25O/c1-3-5-6-7-8-9-10-11-12(13)4-2/h12H,3-11H2,1-2H3. The average Bonchev–Trinajstić information content (AvgIpc) is 2.16. The first-order valence-corrected chi connectivity index (χ1v) is 5.97. The van der Waals surface area contributed by atoms with E-state index in [1.807, 2.05) is 6.92 Å². The molecule has 0 aliphatic rings. The van der Waals surface area contributed by atoms with Crippen molar-refractivity contribution in [3.05, 3.63) is 0 Å². The molecule has 0 aliphatic heterocycles. The maximum atomic E-state index is 11.0. The molecule has 0 spiro atoms. The fourth-order valence-corrected chi connectivity index (χ4v) is 1.53. The zero-order valence-corrected chi connectivity index (χ0v) is 9.35. The van der Waals surface area contributed by atoms with Gasteiger partial charge in [-0.1, -0.05) is 58.8 Å². The number of hydrogen-bond donors (Lipinski definition) is 0. The second kappa shape index (κ2) is 10.0. The minimum Gasteiger partial charge on any atom is -0.233 e. The Morgan fingerprint density at radius 2 is 1.38 bits per heavy atom. The Morgan fingerprint density at radius 3 is 1.92 bits per heavy atom. The van der Waals surface area contributed by atoms with Gasteiger partial charge in [-0.15, -0.1) is 0 Å². The average molecular weight is 185 g/mol. The van der Waals surface area contributed by atoms with Gasteiger partial charge in [0, 0.05) is 0 Å². The lowest BCUT2D eigenvalue weighted by molar-refractivity contribution is 0.0755. The Bertz CT molecular complexity index is 91.1. The highest BCUT2D eigenvalue weighted by Gasteiger charge is 2.01. The van der Waals surface area contributed by atoms with Gasteiger partial charge in [-0.2, -0.15) is 0 Å². The van der Waals surface area contributed by atoms with Gasteiger partial charge in [-0.25, -0.2) is 5.11 Å². The summed E-state index contributed by atoms with van der Waals surface area (Å²) in [5.74, 6) is 0. The molecule has 1 heteroatoms. The third-order valence-electron chi connectivity index (χ3n) is 2.58. The van der Waals surface area contributed by atoms with Crippen LogP contribution < -0.4 is 0 Å². The maximum absolute atomic E-state index is 11.0. The van der Waals surface area contributed by atoms with Crippen LogP contribution in [0.2, 0.25) is 0 Å². The summed E-state index contributed by atoms with van der Waals surface area (Å²) in [6, 6.07) is 0. The third kappa shape index (κ3) is 9.88. The predicted octanol–water partition coefficient (Wildman–Crippen LogP) is 4.34. The zero-order valence-electron chi connectivity index (χ0n) is 9.35. The van der Waals surface area contributed by atoms with Crippen LogP contribution in [0.4, 0.5) is 0 Å². The van der Waals surface area contributed by atoms with Gasteiger partial charge in [0.15, 0.2) is 0 Å². The summed E-state index contributed by atoms with van der Waals surface area (Å²) >= 11 is 0. The Balaban J connectivity index is 2.91. The van der Waals surface area contributed by atoms with Crippen molar-refractivity contribution in [2.75, 3.05) is 0 Å². The van der Waals surface area contributed by atoms with Crippen LogP contribution in [0.3, 0.4) is 0 Å². The van der Waals surface area contributed by atoms with Crippen molar-refractivity contribution in [1.82, 2.24) is 0 Å². The third-order valence-corrected chi connectivity index (χ3v) is 2.58. The van der Waals surface area contributed by atoms with Gasteiger partial charge >= 0.3 is 0 Å². The van der Waals surface area contributed by atoms with Gasteiger partial charge in [-0.3, -0.25) is 0 Å². The molecule has 1 unspecified atom stereocenters. The molecule has 13 heavy (non-hydrogen) atoms. The first kappa shape index (κ1) is 13.0. The SMILES string of the molecule is CCCCCCCCCC([O])CC. The van der Waals surface area contributed by atoms with Crippen LogP contribution in [0, 0.1) is 0 Å². The molecule has 0 N–H and O–H groups in total. The number of hydrogen-bond acceptors (Lipinski definition) is 0. The highest BCUT2D eigenvalue weighted by molar-refractivity contribution is 4.52. The first-order chi connectivity index (χ1) is 6.31. The van der Waals surface area contributed by atoms with Crippen molar-refractivity contribution in [3.63, 3.8) is 0 Å². The largest absolute Gasteiger partial charge is 0.233 e. The lowest BCUT2D eigenvalue weighted by Gasteiger charge is -2.04. The summed E-state index contributed by atoms with van der Waals surface area (Å²) in [5, 5.41) is 11.0. The summed E-state index contributed by atoms with van der Waals surface area (Å²) in [6.45, 7) is 4.22. The van der Waals surface area contributed by atoms with Gasteiger partial charge in [0.1, 0.15) is 0 Å². The summed E-state index contributed by atoms with van der Waals surface area (Å²) in [6.07, 6.45) is 10.6. The quantitative estimate of drug-likeness (QED) is 0.476. The molecule has 1 nitrogen and oxygen atoms in total. The van der Waals surface area contributed by atoms with Crippen LogP contribution in [0.1, 0.15) is 71.6 Å². The molecule has 1 radical (unpaired) electrons. The predicted molar refractivity (Wildman–Crippen MR) is 57.4 cm³/mol. The van der Waals surface area contributed by atoms with E-state index in [4.69, 9.17) is 0 Å². The Hall–Kier alpha value is -0.0400. The fourth-order valence-electron chi connectivity index (χ4n) is 1.53. The van der Waals surface area contributed by atoms with Crippen LogP contribution in [0.5, 0.6) is 0 Å². The molecule has 0 amide bonds. The lowest BCUT2D eigenvalue weighted by Crippen LogP contribution is -2.01. The minimum absolute atomic E-state index is 0.296. The second-order valence-corrected chi connectivity index (χ2v) is 3.94. The van der Waals surface area contributed by atoms with E-state index in [-0.39, 0.29) is 6.10 Å². The van der Waals surface area contributed by atoms with Crippen LogP contribution >= 0.6 is 0 Å². The molecule has 0 aromatic carbocycles. The van der Waals surface area contributed by atoms with Crippen LogP contribution in [-0.2, 0) is 5.11 Å². The summed E-state index contributed by atoms with van der Waals surface area (Å²) in [5.41, 5.74) is 0. The van der Waals surface area contributed by atoms with Crippen LogP contribution in [0.15, 0.2) is 0 Å². The molecule has 0 heterocycles. The lowest BCUT2D eigenvalue weighted by atomic mass is 10.1. The first-order valence-electron chi connectivity index (χ1n) is 5.97. The number of unbranched alkanes of at least 4 members (excludes halogenated alkanes) is 6. The number of rotatable bonds is 9. The zero-order chi connectivity index (χ0) is 9.94. The van der Waals surface area contributed by atoms with E-state index in [1.54, 1.807) is 0 Å². The molecular formula is C12H25O. The highest BCUT2D eigenvalue weighted by Crippen LogP contribution is 2.10. The van der Waals surface area contributed by atoms with Crippen molar-refractivity contribution in [2.45, 2.75) is 77.7 Å². The van der Waals surface area contributed by atoms with E-state index in [1.165, 1.54) is 38.5 Å². The Kier molecular flexibility index (Phi) is 10.0. The summed E-state index contributed by atoms with van der Waals surface area (Å²) in [4.78, 5) is 0. The Labute approximate surface area is 83.5 Å². The minimum atomic E-state index is -0.296. The van der Waals surface area contributed by atoms with E-state index in [9.17, 15) is 5.11 Å². The van der Waals surface area contributed by atoms with Crippen molar-refractivity contribution >= 4 is 0 Å². The van der Waals surface area contributed by atoms with Gasteiger partial charge < -0.3 is 0 Å². The molecule has 1 atom stereocenters. The molecular weight excluding hydrogens is 160 g/mol. The second-order valence-electron chi connectivity index (χ2n) is 3.94. The highest BCUT2D eigenvalue weighted by atomic mass is 16.3. The van der Waals surface area contributed by atoms with Crippen LogP contribution in [0.25, 0.3) is 0 Å².